The maximum absolute atomic E-state index is 12.2. The lowest BCUT2D eigenvalue weighted by molar-refractivity contribution is -0.118. The number of likely N-dealkylation sites (N-methyl/N-ethyl adjacent to an activating group) is 1. The third-order valence-electron chi connectivity index (χ3n) is 3.73. The maximum atomic E-state index is 12.2. The van der Waals surface area contributed by atoms with Crippen molar-refractivity contribution in [3.63, 3.8) is 0 Å². The van der Waals surface area contributed by atoms with Crippen molar-refractivity contribution >= 4 is 23.2 Å². The normalized spacial score (nSPS) is 14.9. The van der Waals surface area contributed by atoms with E-state index < -0.39 is 0 Å². The highest BCUT2D eigenvalue weighted by Crippen LogP contribution is 2.25. The number of carbonyl (C=O) groups excluding carboxylic acids is 2. The molecule has 23 heavy (non-hydrogen) atoms. The van der Waals surface area contributed by atoms with Crippen LogP contribution in [0.3, 0.4) is 0 Å². The minimum atomic E-state index is -0.199. The van der Waals surface area contributed by atoms with Gasteiger partial charge < -0.3 is 10.2 Å². The molecule has 0 saturated carbocycles. The molecule has 6 nitrogen and oxygen atoms in total. The SMILES string of the molecule is Cc1ccc(C)c(N2N=C(C(=O)NCCN(C)C)CCC2=O)c1. The number of amides is 2. The second kappa shape index (κ2) is 7.37. The molecule has 0 aliphatic carbocycles. The number of benzene rings is 1. The average Bonchev–Trinajstić information content (AvgIpc) is 2.50. The van der Waals surface area contributed by atoms with Gasteiger partial charge in [-0.15, -0.1) is 0 Å². The lowest BCUT2D eigenvalue weighted by Crippen LogP contribution is -2.41. The zero-order valence-corrected chi connectivity index (χ0v) is 14.2. The van der Waals surface area contributed by atoms with Gasteiger partial charge in [-0.1, -0.05) is 12.1 Å². The van der Waals surface area contributed by atoms with E-state index in [9.17, 15) is 9.59 Å². The van der Waals surface area contributed by atoms with Crippen molar-refractivity contribution in [3.8, 4) is 0 Å². The topological polar surface area (TPSA) is 65.0 Å². The standard InChI is InChI=1S/C17H24N4O2/c1-12-5-6-13(2)15(11-12)21-16(22)8-7-14(19-21)17(23)18-9-10-20(3)4/h5-6,11H,7-10H2,1-4H3,(H,18,23). The van der Waals surface area contributed by atoms with Crippen LogP contribution in [0.15, 0.2) is 23.3 Å². The molecule has 1 N–H and O–H groups in total. The van der Waals surface area contributed by atoms with Gasteiger partial charge in [0.15, 0.2) is 0 Å². The van der Waals surface area contributed by atoms with E-state index >= 15 is 0 Å². The van der Waals surface area contributed by atoms with E-state index in [1.54, 1.807) is 0 Å². The number of hydrazone groups is 1. The second-order valence-corrected chi connectivity index (χ2v) is 6.10. The molecule has 0 radical (unpaired) electrons. The lowest BCUT2D eigenvalue weighted by atomic mass is 10.1. The third-order valence-corrected chi connectivity index (χ3v) is 3.73. The van der Waals surface area contributed by atoms with Gasteiger partial charge in [0.2, 0.25) is 5.91 Å². The van der Waals surface area contributed by atoms with Gasteiger partial charge in [0, 0.05) is 25.9 Å². The van der Waals surface area contributed by atoms with Crippen molar-refractivity contribution in [3.05, 3.63) is 29.3 Å². The predicted octanol–water partition coefficient (Wildman–Crippen LogP) is 1.46. The van der Waals surface area contributed by atoms with Crippen molar-refractivity contribution in [2.75, 3.05) is 32.2 Å². The van der Waals surface area contributed by atoms with Gasteiger partial charge in [-0.3, -0.25) is 9.59 Å². The lowest BCUT2D eigenvalue weighted by Gasteiger charge is -2.25. The first-order valence-corrected chi connectivity index (χ1v) is 7.79. The number of hydrogen-bond acceptors (Lipinski definition) is 4. The van der Waals surface area contributed by atoms with Crippen LogP contribution < -0.4 is 10.3 Å². The van der Waals surface area contributed by atoms with E-state index in [1.165, 1.54) is 5.01 Å². The van der Waals surface area contributed by atoms with Crippen molar-refractivity contribution in [2.45, 2.75) is 26.7 Å². The molecule has 1 aromatic carbocycles. The fourth-order valence-electron chi connectivity index (χ4n) is 2.35. The first-order chi connectivity index (χ1) is 10.9. The number of anilines is 1. The summed E-state index contributed by atoms with van der Waals surface area (Å²) in [5, 5.41) is 8.52. The highest BCUT2D eigenvalue weighted by atomic mass is 16.2. The van der Waals surface area contributed by atoms with Gasteiger partial charge in [-0.25, -0.2) is 5.01 Å². The van der Waals surface area contributed by atoms with Crippen LogP contribution in [0.4, 0.5) is 5.69 Å². The van der Waals surface area contributed by atoms with E-state index in [4.69, 9.17) is 0 Å². The van der Waals surface area contributed by atoms with Crippen LogP contribution in [0.25, 0.3) is 0 Å². The van der Waals surface area contributed by atoms with Gasteiger partial charge in [-0.2, -0.15) is 5.10 Å². The summed E-state index contributed by atoms with van der Waals surface area (Å²) in [4.78, 5) is 26.4. The highest BCUT2D eigenvalue weighted by Gasteiger charge is 2.26. The van der Waals surface area contributed by atoms with E-state index in [0.29, 0.717) is 25.1 Å². The van der Waals surface area contributed by atoms with E-state index in [-0.39, 0.29) is 11.8 Å². The van der Waals surface area contributed by atoms with Gasteiger partial charge in [0.25, 0.3) is 5.91 Å². The first kappa shape index (κ1) is 17.1. The zero-order chi connectivity index (χ0) is 17.0. The van der Waals surface area contributed by atoms with Crippen molar-refractivity contribution in [1.29, 1.82) is 0 Å². The number of carbonyl (C=O) groups is 2. The summed E-state index contributed by atoms with van der Waals surface area (Å²) < 4.78 is 0. The Hall–Kier alpha value is -2.21. The Morgan fingerprint density at radius 3 is 2.74 bits per heavy atom. The minimum Gasteiger partial charge on any atom is -0.350 e. The summed E-state index contributed by atoms with van der Waals surface area (Å²) in [6.07, 6.45) is 0.682. The number of aryl methyl sites for hydroxylation is 2. The van der Waals surface area contributed by atoms with Crippen molar-refractivity contribution < 1.29 is 9.59 Å². The smallest absolute Gasteiger partial charge is 0.267 e. The summed E-state index contributed by atoms with van der Waals surface area (Å²) >= 11 is 0. The average molecular weight is 316 g/mol. The molecule has 0 unspecified atom stereocenters. The molecule has 0 aromatic heterocycles. The summed E-state index contributed by atoms with van der Waals surface area (Å²) in [6, 6.07) is 5.87. The quantitative estimate of drug-likeness (QED) is 0.894. The predicted molar refractivity (Wildman–Crippen MR) is 91.6 cm³/mol. The molecule has 1 aliphatic rings. The fourth-order valence-corrected chi connectivity index (χ4v) is 2.35. The molecule has 0 bridgehead atoms. The zero-order valence-electron chi connectivity index (χ0n) is 14.2. The number of nitrogens with one attached hydrogen (secondary N) is 1. The number of rotatable bonds is 5. The molecule has 0 saturated heterocycles. The Morgan fingerprint density at radius 2 is 2.04 bits per heavy atom. The van der Waals surface area contributed by atoms with E-state index in [0.717, 1.165) is 23.4 Å². The van der Waals surface area contributed by atoms with Crippen LogP contribution >= 0.6 is 0 Å². The van der Waals surface area contributed by atoms with Crippen LogP contribution in [0.2, 0.25) is 0 Å². The Kier molecular flexibility index (Phi) is 5.50. The Balaban J connectivity index is 2.18. The molecule has 1 aliphatic heterocycles. The molecular weight excluding hydrogens is 292 g/mol. The highest BCUT2D eigenvalue weighted by molar-refractivity contribution is 6.40. The summed E-state index contributed by atoms with van der Waals surface area (Å²) in [7, 11) is 3.90. The summed E-state index contributed by atoms with van der Waals surface area (Å²) in [5.74, 6) is -0.279. The Morgan fingerprint density at radius 1 is 1.30 bits per heavy atom. The van der Waals surface area contributed by atoms with Crippen molar-refractivity contribution in [1.82, 2.24) is 10.2 Å². The Bertz CT molecular complexity index is 637. The van der Waals surface area contributed by atoms with Crippen LogP contribution in [-0.2, 0) is 9.59 Å². The monoisotopic (exact) mass is 316 g/mol. The van der Waals surface area contributed by atoms with Gasteiger partial charge in [-0.05, 0) is 45.1 Å². The molecule has 1 heterocycles. The number of hydrogen-bond donors (Lipinski definition) is 1. The maximum Gasteiger partial charge on any atom is 0.267 e. The second-order valence-electron chi connectivity index (χ2n) is 6.10. The Labute approximate surface area is 137 Å². The molecular formula is C17H24N4O2. The van der Waals surface area contributed by atoms with Crippen LogP contribution in [-0.4, -0.2) is 49.6 Å². The molecule has 0 fully saturated rings. The molecule has 2 amide bonds. The molecule has 1 aromatic rings. The molecule has 0 spiro atoms. The molecule has 124 valence electrons. The van der Waals surface area contributed by atoms with Gasteiger partial charge >= 0.3 is 0 Å². The van der Waals surface area contributed by atoms with Crippen LogP contribution in [0, 0.1) is 13.8 Å². The molecule has 6 heteroatoms. The van der Waals surface area contributed by atoms with E-state index in [1.807, 2.05) is 51.0 Å². The van der Waals surface area contributed by atoms with E-state index in [2.05, 4.69) is 10.4 Å². The first-order valence-electron chi connectivity index (χ1n) is 7.79. The minimum absolute atomic E-state index is 0.0801. The van der Waals surface area contributed by atoms with Crippen molar-refractivity contribution in [2.24, 2.45) is 5.10 Å². The fraction of sp³-hybridized carbons (Fsp3) is 0.471. The summed E-state index contributed by atoms with van der Waals surface area (Å²) in [5.41, 5.74) is 3.16. The van der Waals surface area contributed by atoms with Crippen LogP contribution in [0.5, 0.6) is 0 Å². The molecule has 2 rings (SSSR count). The van der Waals surface area contributed by atoms with Gasteiger partial charge in [0.1, 0.15) is 5.71 Å². The third kappa shape index (κ3) is 4.39. The molecule has 0 atom stereocenters. The summed E-state index contributed by atoms with van der Waals surface area (Å²) in [6.45, 7) is 5.22. The van der Waals surface area contributed by atoms with Crippen LogP contribution in [0.1, 0.15) is 24.0 Å². The number of nitrogens with zero attached hydrogens (tertiary/aromatic N) is 3. The largest absolute Gasteiger partial charge is 0.350 e. The van der Waals surface area contributed by atoms with Gasteiger partial charge in [0.05, 0.1) is 5.69 Å².